The highest BCUT2D eigenvalue weighted by molar-refractivity contribution is 6.30. The Balaban J connectivity index is 1.59. The monoisotopic (exact) mass is 493 g/mol. The summed E-state index contributed by atoms with van der Waals surface area (Å²) in [5.41, 5.74) is 6.27. The van der Waals surface area contributed by atoms with Crippen LogP contribution in [-0.4, -0.2) is 15.9 Å². The van der Waals surface area contributed by atoms with E-state index in [4.69, 9.17) is 21.3 Å². The maximum Gasteiger partial charge on any atom is 0.221 e. The van der Waals surface area contributed by atoms with Crippen molar-refractivity contribution in [1.82, 2.24) is 9.97 Å². The topological polar surface area (TPSA) is 64.1 Å². The predicted octanol–water partition coefficient (Wildman–Crippen LogP) is 7.08. The van der Waals surface area contributed by atoms with E-state index in [-0.39, 0.29) is 5.91 Å². The largest absolute Gasteiger partial charge is 0.487 e. The molecule has 1 N–H and O–H groups in total. The van der Waals surface area contributed by atoms with Crippen LogP contribution < -0.4 is 10.1 Å². The molecule has 0 atom stereocenters. The van der Waals surface area contributed by atoms with Gasteiger partial charge in [0.15, 0.2) is 0 Å². The maximum absolute atomic E-state index is 12.0. The standard InChI is InChI=1S/C30H24ClN3O2/c1-20(35)33-28-14-15-29(36-19-25-13-10-22-6-2-3-7-27(22)34-25)30(23-8-11-24(31)12-9-23)26(28)17-21-5-4-16-32-18-21/h2-16,18H,17,19H2,1H3,(H,33,35). The SMILES string of the molecule is CC(=O)Nc1ccc(OCc2ccc3ccccc3n2)c(-c2ccc(Cl)cc2)c1Cc1cccnc1. The molecule has 5 nitrogen and oxygen atoms in total. The second-order valence-electron chi connectivity index (χ2n) is 8.47. The lowest BCUT2D eigenvalue weighted by molar-refractivity contribution is -0.114. The van der Waals surface area contributed by atoms with E-state index in [2.05, 4.69) is 16.4 Å². The van der Waals surface area contributed by atoms with E-state index >= 15 is 0 Å². The number of carbonyl (C=O) groups is 1. The minimum Gasteiger partial charge on any atom is -0.487 e. The number of halogens is 1. The third-order valence-corrected chi connectivity index (χ3v) is 6.11. The summed E-state index contributed by atoms with van der Waals surface area (Å²) in [7, 11) is 0. The Bertz CT molecular complexity index is 1520. The molecule has 6 heteroatoms. The van der Waals surface area contributed by atoms with Crippen molar-refractivity contribution in [2.24, 2.45) is 0 Å². The van der Waals surface area contributed by atoms with Gasteiger partial charge in [-0.15, -0.1) is 0 Å². The summed E-state index contributed by atoms with van der Waals surface area (Å²) in [6.07, 6.45) is 4.14. The molecule has 0 bridgehead atoms. The van der Waals surface area contributed by atoms with E-state index in [1.54, 1.807) is 6.20 Å². The zero-order chi connectivity index (χ0) is 24.9. The van der Waals surface area contributed by atoms with Gasteiger partial charge in [-0.05, 0) is 59.2 Å². The fourth-order valence-corrected chi connectivity index (χ4v) is 4.34. The van der Waals surface area contributed by atoms with Crippen molar-refractivity contribution in [3.05, 3.63) is 119 Å². The molecule has 1 amide bonds. The molecule has 0 aliphatic rings. The summed E-state index contributed by atoms with van der Waals surface area (Å²) in [6.45, 7) is 1.81. The van der Waals surface area contributed by atoms with Gasteiger partial charge in [-0.3, -0.25) is 9.78 Å². The van der Waals surface area contributed by atoms with Gasteiger partial charge in [0.25, 0.3) is 0 Å². The summed E-state index contributed by atoms with van der Waals surface area (Å²) in [6, 6.07) is 27.4. The molecule has 0 saturated heterocycles. The number of pyridine rings is 2. The van der Waals surface area contributed by atoms with Crippen LogP contribution >= 0.6 is 11.6 Å². The summed E-state index contributed by atoms with van der Waals surface area (Å²) >= 11 is 6.19. The minimum atomic E-state index is -0.140. The normalized spacial score (nSPS) is 10.8. The smallest absolute Gasteiger partial charge is 0.221 e. The number of rotatable bonds is 7. The van der Waals surface area contributed by atoms with Gasteiger partial charge in [0.2, 0.25) is 5.91 Å². The van der Waals surface area contributed by atoms with Crippen LogP contribution in [0.15, 0.2) is 97.3 Å². The number of carbonyl (C=O) groups excluding carboxylic acids is 1. The van der Waals surface area contributed by atoms with Crippen molar-refractivity contribution in [1.29, 1.82) is 0 Å². The van der Waals surface area contributed by atoms with Gasteiger partial charge in [-0.1, -0.05) is 54.1 Å². The van der Waals surface area contributed by atoms with Gasteiger partial charge >= 0.3 is 0 Å². The number of fused-ring (bicyclic) bond motifs is 1. The van der Waals surface area contributed by atoms with Gasteiger partial charge in [-0.25, -0.2) is 4.98 Å². The van der Waals surface area contributed by atoms with E-state index in [9.17, 15) is 4.79 Å². The predicted molar refractivity (Wildman–Crippen MR) is 144 cm³/mol. The van der Waals surface area contributed by atoms with Gasteiger partial charge in [-0.2, -0.15) is 0 Å². The molecule has 3 aromatic carbocycles. The van der Waals surface area contributed by atoms with Gasteiger partial charge < -0.3 is 10.1 Å². The average molecular weight is 494 g/mol. The highest BCUT2D eigenvalue weighted by Gasteiger charge is 2.18. The summed E-state index contributed by atoms with van der Waals surface area (Å²) in [4.78, 5) is 21.0. The fraction of sp³-hybridized carbons (Fsp3) is 0.100. The quantitative estimate of drug-likeness (QED) is 0.263. The molecule has 0 fully saturated rings. The van der Waals surface area contributed by atoms with E-state index in [0.717, 1.165) is 44.5 Å². The molecule has 36 heavy (non-hydrogen) atoms. The van der Waals surface area contributed by atoms with Crippen LogP contribution in [-0.2, 0) is 17.8 Å². The van der Waals surface area contributed by atoms with Crippen molar-refractivity contribution in [2.75, 3.05) is 5.32 Å². The zero-order valence-electron chi connectivity index (χ0n) is 19.7. The maximum atomic E-state index is 12.0. The molecule has 0 unspecified atom stereocenters. The van der Waals surface area contributed by atoms with Crippen LogP contribution in [0.25, 0.3) is 22.0 Å². The number of nitrogens with one attached hydrogen (secondary N) is 1. The number of anilines is 1. The Kier molecular flexibility index (Phi) is 6.92. The van der Waals surface area contributed by atoms with Gasteiger partial charge in [0.1, 0.15) is 12.4 Å². The average Bonchev–Trinajstić information content (AvgIpc) is 2.89. The Morgan fingerprint density at radius 1 is 0.944 bits per heavy atom. The first-order valence-corrected chi connectivity index (χ1v) is 12.0. The van der Waals surface area contributed by atoms with Crippen molar-refractivity contribution >= 4 is 34.1 Å². The number of aromatic nitrogens is 2. The second kappa shape index (κ2) is 10.6. The molecule has 0 saturated carbocycles. The second-order valence-corrected chi connectivity index (χ2v) is 8.91. The van der Waals surface area contributed by atoms with Crippen LogP contribution in [0.3, 0.4) is 0 Å². The number of ether oxygens (including phenoxy) is 1. The number of benzene rings is 3. The van der Waals surface area contributed by atoms with Crippen LogP contribution in [0.5, 0.6) is 5.75 Å². The number of nitrogens with zero attached hydrogens (tertiary/aromatic N) is 2. The van der Waals surface area contributed by atoms with Crippen molar-refractivity contribution in [3.8, 4) is 16.9 Å². The van der Waals surface area contributed by atoms with Crippen molar-refractivity contribution in [2.45, 2.75) is 20.0 Å². The molecular formula is C30H24ClN3O2. The fourth-order valence-electron chi connectivity index (χ4n) is 4.22. The van der Waals surface area contributed by atoms with Crippen LogP contribution in [0, 0.1) is 0 Å². The molecular weight excluding hydrogens is 470 g/mol. The molecule has 0 aliphatic carbocycles. The summed E-state index contributed by atoms with van der Waals surface area (Å²) < 4.78 is 6.37. The van der Waals surface area contributed by atoms with Crippen LogP contribution in [0.4, 0.5) is 5.69 Å². The third kappa shape index (κ3) is 5.37. The molecule has 5 rings (SSSR count). The van der Waals surface area contributed by atoms with Gasteiger partial charge in [0, 0.05) is 47.4 Å². The Labute approximate surface area is 214 Å². The number of hydrogen-bond acceptors (Lipinski definition) is 4. The van der Waals surface area contributed by atoms with Gasteiger partial charge in [0.05, 0.1) is 11.2 Å². The van der Waals surface area contributed by atoms with E-state index < -0.39 is 0 Å². The molecule has 2 aromatic heterocycles. The van der Waals surface area contributed by atoms with E-state index in [1.165, 1.54) is 6.92 Å². The van der Waals surface area contributed by atoms with E-state index in [0.29, 0.717) is 23.8 Å². The zero-order valence-corrected chi connectivity index (χ0v) is 20.5. The first kappa shape index (κ1) is 23.5. The Morgan fingerprint density at radius 2 is 1.78 bits per heavy atom. The van der Waals surface area contributed by atoms with Crippen LogP contribution in [0.1, 0.15) is 23.7 Å². The molecule has 0 spiro atoms. The summed E-state index contributed by atoms with van der Waals surface area (Å²) in [5.74, 6) is 0.554. The molecule has 0 aliphatic heterocycles. The third-order valence-electron chi connectivity index (χ3n) is 5.85. The molecule has 5 aromatic rings. The Morgan fingerprint density at radius 3 is 2.56 bits per heavy atom. The lowest BCUT2D eigenvalue weighted by Gasteiger charge is -2.20. The van der Waals surface area contributed by atoms with Crippen molar-refractivity contribution in [3.63, 3.8) is 0 Å². The molecule has 0 radical (unpaired) electrons. The number of para-hydroxylation sites is 1. The summed E-state index contributed by atoms with van der Waals surface area (Å²) in [5, 5.41) is 4.71. The first-order valence-electron chi connectivity index (χ1n) is 11.6. The molecule has 178 valence electrons. The highest BCUT2D eigenvalue weighted by Crippen LogP contribution is 2.40. The molecule has 2 heterocycles. The first-order chi connectivity index (χ1) is 17.6. The Hall–Kier alpha value is -4.22. The van der Waals surface area contributed by atoms with Crippen molar-refractivity contribution < 1.29 is 9.53 Å². The van der Waals surface area contributed by atoms with Crippen LogP contribution in [0.2, 0.25) is 5.02 Å². The lowest BCUT2D eigenvalue weighted by atomic mass is 9.92. The lowest BCUT2D eigenvalue weighted by Crippen LogP contribution is -2.10. The van der Waals surface area contributed by atoms with E-state index in [1.807, 2.05) is 85.1 Å². The highest BCUT2D eigenvalue weighted by atomic mass is 35.5. The number of amides is 1. The number of hydrogen-bond donors (Lipinski definition) is 1. The minimum absolute atomic E-state index is 0.140.